The summed E-state index contributed by atoms with van der Waals surface area (Å²) in [7, 11) is 0. The van der Waals surface area contributed by atoms with Crippen molar-refractivity contribution in [2.45, 2.75) is 44.1 Å². The van der Waals surface area contributed by atoms with Crippen LogP contribution in [0, 0.1) is 5.92 Å². The summed E-state index contributed by atoms with van der Waals surface area (Å²) in [5, 5.41) is 0. The summed E-state index contributed by atoms with van der Waals surface area (Å²) in [6.45, 7) is 0.465. The van der Waals surface area contributed by atoms with Crippen molar-refractivity contribution in [3.8, 4) is 0 Å². The summed E-state index contributed by atoms with van der Waals surface area (Å²) in [6.07, 6.45) is 16.7. The average molecular weight is 581 g/mol. The maximum atomic E-state index is 12.9. The lowest BCUT2D eigenvalue weighted by Crippen LogP contribution is -2.35. The van der Waals surface area contributed by atoms with Gasteiger partial charge in [0, 0.05) is 31.3 Å². The second-order valence-electron chi connectivity index (χ2n) is 12.1. The number of carbonyl (C=O) groups is 2. The molecule has 8 rings (SSSR count). The molecular weight excluding hydrogens is 548 g/mol. The van der Waals surface area contributed by atoms with Gasteiger partial charge in [0.2, 0.25) is 0 Å². The summed E-state index contributed by atoms with van der Waals surface area (Å²) >= 11 is 0. The van der Waals surface area contributed by atoms with Crippen LogP contribution in [0.1, 0.15) is 75.8 Å². The number of nitrogen functional groups attached to an aromatic ring is 1. The van der Waals surface area contributed by atoms with Crippen molar-refractivity contribution in [3.05, 3.63) is 125 Å². The number of imide groups is 1. The Morgan fingerprint density at radius 3 is 2.34 bits per heavy atom. The zero-order chi connectivity index (χ0) is 29.8. The highest BCUT2D eigenvalue weighted by molar-refractivity contribution is 6.21. The Kier molecular flexibility index (Phi) is 6.36. The Balaban J connectivity index is 1.03. The van der Waals surface area contributed by atoms with Gasteiger partial charge in [-0.25, -0.2) is 9.97 Å². The molecule has 2 aliphatic carbocycles. The van der Waals surface area contributed by atoms with Crippen molar-refractivity contribution in [3.63, 3.8) is 0 Å². The first-order valence-corrected chi connectivity index (χ1v) is 15.3. The molecule has 1 unspecified atom stereocenters. The van der Waals surface area contributed by atoms with E-state index in [1.54, 1.807) is 18.3 Å². The normalized spacial score (nSPS) is 22.9. The van der Waals surface area contributed by atoms with Gasteiger partial charge in [-0.1, -0.05) is 60.7 Å². The van der Waals surface area contributed by atoms with Crippen LogP contribution in [0.25, 0.3) is 11.1 Å². The third kappa shape index (κ3) is 4.40. The van der Waals surface area contributed by atoms with E-state index in [1.807, 2.05) is 36.5 Å². The number of imidazole rings is 1. The molecule has 2 aliphatic heterocycles. The van der Waals surface area contributed by atoms with Crippen LogP contribution in [0.5, 0.6) is 0 Å². The molecular formula is C36H32N6O2. The number of aromatic nitrogens is 3. The molecule has 1 fully saturated rings. The van der Waals surface area contributed by atoms with Gasteiger partial charge in [-0.15, -0.1) is 0 Å². The third-order valence-electron chi connectivity index (χ3n) is 9.52. The van der Waals surface area contributed by atoms with Crippen molar-refractivity contribution in [1.82, 2.24) is 19.3 Å². The van der Waals surface area contributed by atoms with E-state index in [0.29, 0.717) is 23.5 Å². The first-order valence-electron chi connectivity index (χ1n) is 15.3. The molecule has 0 radical (unpaired) electrons. The lowest BCUT2D eigenvalue weighted by molar-refractivity contribution is 0.0614. The number of benzene rings is 2. The van der Waals surface area contributed by atoms with Gasteiger partial charge in [0.1, 0.15) is 17.2 Å². The lowest BCUT2D eigenvalue weighted by Gasteiger charge is -2.30. The molecule has 0 saturated heterocycles. The number of carbonyl (C=O) groups excluding carboxylic acids is 2. The Morgan fingerprint density at radius 2 is 1.59 bits per heavy atom. The van der Waals surface area contributed by atoms with Gasteiger partial charge in [-0.3, -0.25) is 23.9 Å². The average Bonchev–Trinajstić information content (AvgIpc) is 3.58. The van der Waals surface area contributed by atoms with Crippen molar-refractivity contribution in [2.75, 3.05) is 12.3 Å². The molecule has 8 heteroatoms. The molecule has 4 aromatic rings. The molecule has 2 amide bonds. The number of nitrogens with two attached hydrogens (primary N) is 1. The van der Waals surface area contributed by atoms with Crippen LogP contribution < -0.4 is 5.73 Å². The number of rotatable bonds is 5. The number of amides is 2. The maximum Gasteiger partial charge on any atom is 0.261 e. The van der Waals surface area contributed by atoms with Gasteiger partial charge in [0.15, 0.2) is 0 Å². The minimum absolute atomic E-state index is 0.0193. The van der Waals surface area contributed by atoms with E-state index in [9.17, 15) is 9.59 Å². The van der Waals surface area contributed by atoms with Gasteiger partial charge >= 0.3 is 0 Å². The topological polar surface area (TPSA) is 106 Å². The van der Waals surface area contributed by atoms with Crippen LogP contribution >= 0.6 is 0 Å². The highest BCUT2D eigenvalue weighted by atomic mass is 16.2. The van der Waals surface area contributed by atoms with E-state index in [0.717, 1.165) is 66.0 Å². The van der Waals surface area contributed by atoms with Crippen LogP contribution in [0.15, 0.2) is 102 Å². The predicted molar refractivity (Wildman–Crippen MR) is 170 cm³/mol. The third-order valence-corrected chi connectivity index (χ3v) is 9.52. The van der Waals surface area contributed by atoms with Crippen LogP contribution in [0.4, 0.5) is 5.82 Å². The highest BCUT2D eigenvalue weighted by Gasteiger charge is 2.38. The largest absolute Gasteiger partial charge is 0.382 e. The van der Waals surface area contributed by atoms with Gasteiger partial charge < -0.3 is 5.73 Å². The zero-order valence-corrected chi connectivity index (χ0v) is 24.3. The molecule has 1 atom stereocenters. The second kappa shape index (κ2) is 10.6. The van der Waals surface area contributed by atoms with E-state index < -0.39 is 0 Å². The van der Waals surface area contributed by atoms with Crippen LogP contribution in [0.3, 0.4) is 0 Å². The number of nitrogens with zero attached hydrogens (tertiary/aromatic N) is 5. The molecule has 1 saturated carbocycles. The van der Waals surface area contributed by atoms with Gasteiger partial charge in [0.25, 0.3) is 11.8 Å². The summed E-state index contributed by atoms with van der Waals surface area (Å²) < 4.78 is 2.12. The van der Waals surface area contributed by atoms with Crippen LogP contribution in [-0.4, -0.2) is 49.4 Å². The van der Waals surface area contributed by atoms with E-state index in [-0.39, 0.29) is 29.7 Å². The Morgan fingerprint density at radius 1 is 0.864 bits per heavy atom. The Labute approximate surface area is 255 Å². The molecule has 0 bridgehead atoms. The molecule has 4 heterocycles. The van der Waals surface area contributed by atoms with E-state index in [2.05, 4.69) is 45.8 Å². The summed E-state index contributed by atoms with van der Waals surface area (Å²) in [5.41, 5.74) is 13.6. The van der Waals surface area contributed by atoms with Crippen molar-refractivity contribution >= 4 is 34.4 Å². The molecule has 2 N–H and O–H groups in total. The number of aliphatic imine (C=N–C) groups is 1. The standard InChI is InChI=1S/C36H32N6O2/c37-33-32-31(26-15-14-24-16-17-29(39-30(24)20-26)23-6-2-1-3-7-23)40-34(41(32)19-18-38-33)25-12-10-22(11-13-25)21-42-35(43)27-8-4-5-9-28(27)36(42)44/h1-9,14-19,22,25,30H,10-13,20-21H2,(H2,37,38)/t22-,25-,30?. The van der Waals surface area contributed by atoms with Gasteiger partial charge in [-0.2, -0.15) is 0 Å². The molecule has 8 nitrogen and oxygen atoms in total. The van der Waals surface area contributed by atoms with Crippen molar-refractivity contribution in [2.24, 2.45) is 10.9 Å². The molecule has 44 heavy (non-hydrogen) atoms. The monoisotopic (exact) mass is 580 g/mol. The molecule has 4 aliphatic rings. The number of allylic oxidation sites excluding steroid dienone is 3. The van der Waals surface area contributed by atoms with Gasteiger partial charge in [0.05, 0.1) is 28.6 Å². The fraction of sp³-hybridized carbons (Fsp3) is 0.250. The van der Waals surface area contributed by atoms with E-state index in [4.69, 9.17) is 15.7 Å². The summed E-state index contributed by atoms with van der Waals surface area (Å²) in [5.74, 6) is 1.63. The number of hydrogen-bond acceptors (Lipinski definition) is 6. The smallest absolute Gasteiger partial charge is 0.261 e. The molecule has 0 spiro atoms. The Bertz CT molecular complexity index is 1910. The Hall–Kier alpha value is -5.11. The molecule has 218 valence electrons. The molecule has 2 aromatic carbocycles. The quantitative estimate of drug-likeness (QED) is 0.291. The number of fused-ring (bicyclic) bond motifs is 3. The summed E-state index contributed by atoms with van der Waals surface area (Å²) in [4.78, 5) is 42.1. The van der Waals surface area contributed by atoms with Crippen LogP contribution in [0.2, 0.25) is 0 Å². The summed E-state index contributed by atoms with van der Waals surface area (Å²) in [6, 6.07) is 17.4. The minimum Gasteiger partial charge on any atom is -0.382 e. The van der Waals surface area contributed by atoms with E-state index in [1.165, 1.54) is 10.5 Å². The van der Waals surface area contributed by atoms with Crippen LogP contribution in [-0.2, 0) is 0 Å². The fourth-order valence-electron chi connectivity index (χ4n) is 7.20. The van der Waals surface area contributed by atoms with Crippen molar-refractivity contribution < 1.29 is 9.59 Å². The fourth-order valence-corrected chi connectivity index (χ4v) is 7.20. The van der Waals surface area contributed by atoms with Gasteiger partial charge in [-0.05, 0) is 66.5 Å². The first kappa shape index (κ1) is 26.5. The SMILES string of the molecule is Nc1nccn2c1c(C1=CC=C3C=CC(c4ccccc4)=NC3C1)nc2[C@H]1CC[C@H](CN2C(=O)c3ccccc3C2=O)CC1. The highest BCUT2D eigenvalue weighted by Crippen LogP contribution is 2.40. The predicted octanol–water partition coefficient (Wildman–Crippen LogP) is 6.02. The number of dihydropyridines is 1. The number of anilines is 1. The van der Waals surface area contributed by atoms with E-state index >= 15 is 0 Å². The first-order chi connectivity index (χ1) is 21.5. The number of hydrogen-bond donors (Lipinski definition) is 1. The second-order valence-corrected chi connectivity index (χ2v) is 12.1. The molecule has 2 aromatic heterocycles. The van der Waals surface area contributed by atoms with Crippen molar-refractivity contribution in [1.29, 1.82) is 0 Å². The minimum atomic E-state index is -0.175. The zero-order valence-electron chi connectivity index (χ0n) is 24.3. The lowest BCUT2D eigenvalue weighted by atomic mass is 9.81. The maximum absolute atomic E-state index is 12.9.